The molecule has 0 amide bonds. The molecule has 33 heavy (non-hydrogen) atoms. The number of hydrogen-bond donors (Lipinski definition) is 1. The van der Waals surface area contributed by atoms with Gasteiger partial charge in [0.15, 0.2) is 5.58 Å². The van der Waals surface area contributed by atoms with Gasteiger partial charge < -0.3 is 20.0 Å². The average Bonchev–Trinajstić information content (AvgIpc) is 3.17. The van der Waals surface area contributed by atoms with Crippen LogP contribution in [-0.2, 0) is 0 Å². The summed E-state index contributed by atoms with van der Waals surface area (Å²) < 4.78 is 5.39. The number of fused-ring (bicyclic) bond motifs is 2. The number of allylic oxidation sites excluding steroid dienone is 2. The van der Waals surface area contributed by atoms with Gasteiger partial charge in [0.25, 0.3) is 6.01 Å². The third-order valence-electron chi connectivity index (χ3n) is 6.64. The topological polar surface area (TPSA) is 84.3 Å². The van der Waals surface area contributed by atoms with Crippen LogP contribution in [0.5, 0.6) is 0 Å². The Labute approximate surface area is 192 Å². The molecule has 0 spiro atoms. The van der Waals surface area contributed by atoms with Crippen molar-refractivity contribution in [2.75, 3.05) is 23.7 Å². The van der Waals surface area contributed by atoms with Crippen molar-refractivity contribution in [1.29, 1.82) is 0 Å². The summed E-state index contributed by atoms with van der Waals surface area (Å²) in [4.78, 5) is 18.6. The summed E-state index contributed by atoms with van der Waals surface area (Å²) in [5.74, 6) is 0.927. The van der Waals surface area contributed by atoms with E-state index in [2.05, 4.69) is 64.1 Å². The molecule has 2 aromatic carbocycles. The molecule has 0 radical (unpaired) electrons. The molecule has 166 valence electrons. The van der Waals surface area contributed by atoms with Crippen LogP contribution in [0.2, 0.25) is 0 Å². The minimum atomic E-state index is 0.181. The molecule has 2 aliphatic heterocycles. The Morgan fingerprint density at radius 2 is 1.82 bits per heavy atom. The van der Waals surface area contributed by atoms with E-state index in [0.29, 0.717) is 17.7 Å². The summed E-state index contributed by atoms with van der Waals surface area (Å²) in [6, 6.07) is 13.2. The Morgan fingerprint density at radius 3 is 2.64 bits per heavy atom. The molecule has 6 rings (SSSR count). The van der Waals surface area contributed by atoms with Crippen LogP contribution in [0.4, 0.5) is 11.8 Å². The molecule has 0 saturated carbocycles. The minimum Gasteiger partial charge on any atom is -0.424 e. The van der Waals surface area contributed by atoms with Crippen LogP contribution in [0, 0.1) is 0 Å². The maximum Gasteiger partial charge on any atom is 0.292 e. The fraction of sp³-hybridized carbons (Fsp3) is 0.269. The molecule has 1 atom stereocenters. The Kier molecular flexibility index (Phi) is 4.57. The normalized spacial score (nSPS) is 18.7. The molecule has 2 aliphatic rings. The Balaban J connectivity index is 1.24. The van der Waals surface area contributed by atoms with Crippen molar-refractivity contribution in [2.24, 2.45) is 0 Å². The van der Waals surface area contributed by atoms with Crippen LogP contribution < -0.4 is 10.6 Å². The number of anilines is 2. The van der Waals surface area contributed by atoms with Gasteiger partial charge in [0.1, 0.15) is 11.3 Å². The van der Waals surface area contributed by atoms with Crippen molar-refractivity contribution in [3.05, 3.63) is 66.5 Å². The number of hydrogen-bond acceptors (Lipinski definition) is 7. The summed E-state index contributed by atoms with van der Waals surface area (Å²) in [6.45, 7) is 6.33. The van der Waals surface area contributed by atoms with Crippen LogP contribution in [0.3, 0.4) is 0 Å². The molecule has 0 aliphatic carbocycles. The van der Waals surface area contributed by atoms with Crippen LogP contribution in [-0.4, -0.2) is 45.0 Å². The van der Waals surface area contributed by atoms with Gasteiger partial charge in [0.2, 0.25) is 0 Å². The molecule has 4 heterocycles. The van der Waals surface area contributed by atoms with Crippen LogP contribution >= 0.6 is 0 Å². The van der Waals surface area contributed by atoms with Crippen molar-refractivity contribution in [1.82, 2.24) is 19.9 Å². The Hall–Kier alpha value is -3.87. The average molecular weight is 439 g/mol. The monoisotopic (exact) mass is 438 g/mol. The lowest BCUT2D eigenvalue weighted by Crippen LogP contribution is -2.60. The second-order valence-electron chi connectivity index (χ2n) is 8.87. The fourth-order valence-electron chi connectivity index (χ4n) is 4.77. The Bertz CT molecular complexity index is 1420. The van der Waals surface area contributed by atoms with Crippen molar-refractivity contribution in [2.45, 2.75) is 32.4 Å². The van der Waals surface area contributed by atoms with Gasteiger partial charge in [-0.15, -0.1) is 0 Å². The van der Waals surface area contributed by atoms with Gasteiger partial charge in [-0.1, -0.05) is 30.7 Å². The van der Waals surface area contributed by atoms with Gasteiger partial charge in [-0.3, -0.25) is 4.98 Å². The molecular weight excluding hydrogens is 412 g/mol. The summed E-state index contributed by atoms with van der Waals surface area (Å²) >= 11 is 0. The van der Waals surface area contributed by atoms with E-state index in [0.717, 1.165) is 53.0 Å². The molecule has 1 unspecified atom stereocenters. The third kappa shape index (κ3) is 3.50. The van der Waals surface area contributed by atoms with E-state index < -0.39 is 0 Å². The number of oxazole rings is 1. The SMILES string of the molecule is CCC1C=C(C)C=CN1C1CN(c2cnc3ccc(-c4ccc5oc(N)nc5c4)cc3n2)C1. The van der Waals surface area contributed by atoms with E-state index in [1.807, 2.05) is 30.5 Å². The third-order valence-corrected chi connectivity index (χ3v) is 6.64. The van der Waals surface area contributed by atoms with Crippen LogP contribution in [0.25, 0.3) is 33.3 Å². The smallest absolute Gasteiger partial charge is 0.292 e. The van der Waals surface area contributed by atoms with Crippen molar-refractivity contribution >= 4 is 34.0 Å². The molecule has 4 aromatic rings. The molecule has 0 bridgehead atoms. The predicted molar refractivity (Wildman–Crippen MR) is 132 cm³/mol. The van der Waals surface area contributed by atoms with Crippen molar-refractivity contribution < 1.29 is 4.42 Å². The van der Waals surface area contributed by atoms with Gasteiger partial charge in [-0.25, -0.2) is 4.98 Å². The van der Waals surface area contributed by atoms with Gasteiger partial charge >= 0.3 is 0 Å². The number of rotatable bonds is 4. The number of nitrogens with two attached hydrogens (primary N) is 1. The summed E-state index contributed by atoms with van der Waals surface area (Å²) in [6.07, 6.45) is 9.82. The highest BCUT2D eigenvalue weighted by atomic mass is 16.4. The van der Waals surface area contributed by atoms with E-state index in [4.69, 9.17) is 15.1 Å². The predicted octanol–water partition coefficient (Wildman–Crippen LogP) is 4.76. The highest BCUT2D eigenvalue weighted by Gasteiger charge is 2.34. The van der Waals surface area contributed by atoms with Crippen molar-refractivity contribution in [3.8, 4) is 11.1 Å². The first-order valence-electron chi connectivity index (χ1n) is 11.4. The molecular formula is C26H26N6O. The number of nitrogen functional groups attached to an aromatic ring is 1. The number of benzene rings is 2. The highest BCUT2D eigenvalue weighted by Crippen LogP contribution is 2.30. The van der Waals surface area contributed by atoms with E-state index in [9.17, 15) is 0 Å². The van der Waals surface area contributed by atoms with Crippen LogP contribution in [0.15, 0.2) is 70.9 Å². The highest BCUT2D eigenvalue weighted by molar-refractivity contribution is 5.86. The molecule has 2 N–H and O–H groups in total. The van der Waals surface area contributed by atoms with E-state index in [1.165, 1.54) is 5.57 Å². The zero-order chi connectivity index (χ0) is 22.5. The van der Waals surface area contributed by atoms with Gasteiger partial charge in [-0.2, -0.15) is 4.98 Å². The zero-order valence-corrected chi connectivity index (χ0v) is 18.8. The lowest BCUT2D eigenvalue weighted by atomic mass is 9.99. The molecule has 7 nitrogen and oxygen atoms in total. The van der Waals surface area contributed by atoms with Gasteiger partial charge in [0.05, 0.1) is 23.3 Å². The quantitative estimate of drug-likeness (QED) is 0.492. The molecule has 1 saturated heterocycles. The standard InChI is InChI=1S/C26H26N6O/c1-3-19-10-16(2)8-9-32(19)20-14-31(15-20)25-13-28-21-6-4-17(11-22(21)29-25)18-5-7-24-23(12-18)30-26(27)33-24/h4-13,19-20H,3,14-15H2,1-2H3,(H2,27,30). The first-order chi connectivity index (χ1) is 16.1. The second kappa shape index (κ2) is 7.62. The van der Waals surface area contributed by atoms with Gasteiger partial charge in [-0.05, 0) is 54.8 Å². The first kappa shape index (κ1) is 19.8. The van der Waals surface area contributed by atoms with E-state index in [1.54, 1.807) is 0 Å². The fourth-order valence-corrected chi connectivity index (χ4v) is 4.77. The van der Waals surface area contributed by atoms with Gasteiger partial charge in [0, 0.05) is 25.3 Å². The zero-order valence-electron chi connectivity index (χ0n) is 18.8. The molecule has 7 heteroatoms. The lowest BCUT2D eigenvalue weighted by molar-refractivity contribution is 0.192. The van der Waals surface area contributed by atoms with E-state index in [-0.39, 0.29) is 6.01 Å². The summed E-state index contributed by atoms with van der Waals surface area (Å²) in [5.41, 5.74) is 12.3. The maximum absolute atomic E-state index is 5.69. The Morgan fingerprint density at radius 1 is 1.03 bits per heavy atom. The van der Waals surface area contributed by atoms with Crippen molar-refractivity contribution in [3.63, 3.8) is 0 Å². The second-order valence-corrected chi connectivity index (χ2v) is 8.87. The largest absolute Gasteiger partial charge is 0.424 e. The van der Waals surface area contributed by atoms with E-state index >= 15 is 0 Å². The molecule has 1 fully saturated rings. The maximum atomic E-state index is 5.69. The lowest BCUT2D eigenvalue weighted by Gasteiger charge is -2.48. The minimum absolute atomic E-state index is 0.181. The first-order valence-corrected chi connectivity index (χ1v) is 11.4. The summed E-state index contributed by atoms with van der Waals surface area (Å²) in [5, 5.41) is 0. The summed E-state index contributed by atoms with van der Waals surface area (Å²) in [7, 11) is 0. The number of aromatic nitrogens is 3. The molecule has 2 aromatic heterocycles. The number of nitrogens with zero attached hydrogens (tertiary/aromatic N) is 5. The van der Waals surface area contributed by atoms with Crippen LogP contribution in [0.1, 0.15) is 20.3 Å².